The Balaban J connectivity index is 1.55. The standard InChI is InChI=1S/C18H25N3O/c1-17(2)10-18(12-22-3)11-21(9-16(17)18)8-13-6-20-15-4-5-19-7-14(13)15/h4-7,16,20H,8-12H2,1-3H3/t16-,18-/m1/s1. The molecule has 0 spiro atoms. The van der Waals surface area contributed by atoms with Crippen molar-refractivity contribution in [1.29, 1.82) is 0 Å². The first-order chi connectivity index (χ1) is 10.5. The maximum absolute atomic E-state index is 5.55. The van der Waals surface area contributed by atoms with Crippen LogP contribution in [0.1, 0.15) is 25.8 Å². The van der Waals surface area contributed by atoms with Gasteiger partial charge in [-0.2, -0.15) is 0 Å². The van der Waals surface area contributed by atoms with Crippen molar-refractivity contribution in [2.45, 2.75) is 26.8 Å². The fourth-order valence-corrected chi connectivity index (χ4v) is 5.22. The minimum atomic E-state index is 0.378. The summed E-state index contributed by atoms with van der Waals surface area (Å²) in [5.74, 6) is 0.753. The number of hydrogen-bond acceptors (Lipinski definition) is 3. The molecule has 2 atom stereocenters. The predicted molar refractivity (Wildman–Crippen MR) is 87.6 cm³/mol. The molecule has 4 rings (SSSR count). The zero-order valence-electron chi connectivity index (χ0n) is 13.7. The lowest BCUT2D eigenvalue weighted by Gasteiger charge is -2.56. The monoisotopic (exact) mass is 299 g/mol. The number of nitrogens with one attached hydrogen (secondary N) is 1. The quantitative estimate of drug-likeness (QED) is 0.943. The smallest absolute Gasteiger partial charge is 0.0534 e. The molecule has 2 aromatic heterocycles. The molecule has 0 aromatic carbocycles. The zero-order valence-corrected chi connectivity index (χ0v) is 13.7. The van der Waals surface area contributed by atoms with Gasteiger partial charge < -0.3 is 9.72 Å². The fourth-order valence-electron chi connectivity index (χ4n) is 5.22. The van der Waals surface area contributed by atoms with Crippen LogP contribution < -0.4 is 0 Å². The Bertz CT molecular complexity index is 692. The Labute approximate surface area is 131 Å². The lowest BCUT2D eigenvalue weighted by atomic mass is 9.48. The number of aromatic nitrogens is 2. The Kier molecular flexibility index (Phi) is 3.10. The van der Waals surface area contributed by atoms with E-state index in [0.717, 1.165) is 25.6 Å². The summed E-state index contributed by atoms with van der Waals surface area (Å²) in [4.78, 5) is 10.2. The summed E-state index contributed by atoms with van der Waals surface area (Å²) >= 11 is 0. The van der Waals surface area contributed by atoms with Crippen LogP contribution in [0.3, 0.4) is 0 Å². The molecular weight excluding hydrogens is 274 g/mol. The number of fused-ring (bicyclic) bond motifs is 2. The molecule has 1 aliphatic carbocycles. The third-order valence-electron chi connectivity index (χ3n) is 5.86. The second-order valence-electron chi connectivity index (χ2n) is 7.92. The highest BCUT2D eigenvalue weighted by atomic mass is 16.5. The molecule has 0 bridgehead atoms. The minimum Gasteiger partial charge on any atom is -0.384 e. The van der Waals surface area contributed by atoms with Crippen LogP contribution in [0.4, 0.5) is 0 Å². The Morgan fingerprint density at radius 1 is 1.45 bits per heavy atom. The molecule has 4 nitrogen and oxygen atoms in total. The van der Waals surface area contributed by atoms with Gasteiger partial charge in [0.05, 0.1) is 6.61 Å². The summed E-state index contributed by atoms with van der Waals surface area (Å²) in [6.45, 7) is 9.05. The van der Waals surface area contributed by atoms with Gasteiger partial charge >= 0.3 is 0 Å². The summed E-state index contributed by atoms with van der Waals surface area (Å²) < 4.78 is 5.55. The summed E-state index contributed by atoms with van der Waals surface area (Å²) in [6.07, 6.45) is 7.24. The second kappa shape index (κ2) is 4.80. The van der Waals surface area contributed by atoms with Crippen LogP contribution in [0, 0.1) is 16.7 Å². The predicted octanol–water partition coefficient (Wildman–Crippen LogP) is 3.06. The first-order valence-electron chi connectivity index (χ1n) is 8.15. The first-order valence-corrected chi connectivity index (χ1v) is 8.15. The molecule has 1 saturated heterocycles. The average molecular weight is 299 g/mol. The highest BCUT2D eigenvalue weighted by molar-refractivity contribution is 5.81. The van der Waals surface area contributed by atoms with Gasteiger partial charge in [-0.05, 0) is 29.4 Å². The second-order valence-corrected chi connectivity index (χ2v) is 7.92. The van der Waals surface area contributed by atoms with E-state index >= 15 is 0 Å². The van der Waals surface area contributed by atoms with E-state index in [9.17, 15) is 0 Å². The molecule has 1 N–H and O–H groups in total. The van der Waals surface area contributed by atoms with Crippen molar-refractivity contribution in [1.82, 2.24) is 14.9 Å². The van der Waals surface area contributed by atoms with Crippen LogP contribution in [-0.2, 0) is 11.3 Å². The van der Waals surface area contributed by atoms with Crippen molar-refractivity contribution >= 4 is 10.9 Å². The van der Waals surface area contributed by atoms with Gasteiger partial charge in [0.1, 0.15) is 0 Å². The molecule has 3 heterocycles. The molecule has 1 saturated carbocycles. The molecule has 1 aliphatic heterocycles. The van der Waals surface area contributed by atoms with Gasteiger partial charge in [0.25, 0.3) is 0 Å². The fraction of sp³-hybridized carbons (Fsp3) is 0.611. The van der Waals surface area contributed by atoms with Gasteiger partial charge in [-0.25, -0.2) is 0 Å². The van der Waals surface area contributed by atoms with E-state index in [1.807, 2.05) is 25.6 Å². The van der Waals surface area contributed by atoms with Crippen LogP contribution >= 0.6 is 0 Å². The number of ether oxygens (including phenoxy) is 1. The van der Waals surface area contributed by atoms with Gasteiger partial charge in [0, 0.05) is 61.7 Å². The van der Waals surface area contributed by atoms with Crippen molar-refractivity contribution in [3.05, 3.63) is 30.2 Å². The van der Waals surface area contributed by atoms with Crippen molar-refractivity contribution in [2.24, 2.45) is 16.7 Å². The largest absolute Gasteiger partial charge is 0.384 e. The third kappa shape index (κ3) is 2.01. The van der Waals surface area contributed by atoms with Gasteiger partial charge in [-0.1, -0.05) is 13.8 Å². The SMILES string of the molecule is COC[C@@]12CN(Cc3c[nH]c4ccncc34)C[C@@H]1C(C)(C)C2. The van der Waals surface area contributed by atoms with Crippen LogP contribution in [0.5, 0.6) is 0 Å². The van der Waals surface area contributed by atoms with Crippen molar-refractivity contribution < 1.29 is 4.74 Å². The summed E-state index contributed by atoms with van der Waals surface area (Å²) in [7, 11) is 1.84. The summed E-state index contributed by atoms with van der Waals surface area (Å²) in [6, 6.07) is 2.04. The molecule has 4 heteroatoms. The topological polar surface area (TPSA) is 41.1 Å². The van der Waals surface area contributed by atoms with Crippen LogP contribution in [-0.4, -0.2) is 41.7 Å². The molecule has 2 fully saturated rings. The van der Waals surface area contributed by atoms with Crippen molar-refractivity contribution in [3.8, 4) is 0 Å². The lowest BCUT2D eigenvalue weighted by Crippen LogP contribution is -2.55. The summed E-state index contributed by atoms with van der Waals surface area (Å²) in [5, 5.41) is 1.25. The van der Waals surface area contributed by atoms with Gasteiger partial charge in [0.15, 0.2) is 0 Å². The normalized spacial score (nSPS) is 30.4. The van der Waals surface area contributed by atoms with E-state index in [1.165, 1.54) is 29.4 Å². The van der Waals surface area contributed by atoms with Crippen molar-refractivity contribution in [2.75, 3.05) is 26.8 Å². The molecule has 118 valence electrons. The number of likely N-dealkylation sites (tertiary alicyclic amines) is 1. The van der Waals surface area contributed by atoms with E-state index in [0.29, 0.717) is 10.8 Å². The van der Waals surface area contributed by atoms with Crippen LogP contribution in [0.25, 0.3) is 10.9 Å². The number of rotatable bonds is 4. The number of methoxy groups -OCH3 is 1. The molecule has 0 amide bonds. The molecule has 0 unspecified atom stereocenters. The Morgan fingerprint density at radius 2 is 2.32 bits per heavy atom. The Hall–Kier alpha value is -1.39. The maximum atomic E-state index is 5.55. The summed E-state index contributed by atoms with van der Waals surface area (Å²) in [5.41, 5.74) is 3.37. The number of hydrogen-bond donors (Lipinski definition) is 1. The van der Waals surface area contributed by atoms with E-state index in [4.69, 9.17) is 4.74 Å². The van der Waals surface area contributed by atoms with E-state index < -0.39 is 0 Å². The van der Waals surface area contributed by atoms with E-state index in [2.05, 4.69) is 34.9 Å². The first kappa shape index (κ1) is 14.2. The molecule has 0 radical (unpaired) electrons. The number of H-pyrrole nitrogens is 1. The van der Waals surface area contributed by atoms with E-state index in [1.54, 1.807) is 0 Å². The molecule has 22 heavy (non-hydrogen) atoms. The van der Waals surface area contributed by atoms with Gasteiger partial charge in [0.2, 0.25) is 0 Å². The molecular formula is C18H25N3O. The van der Waals surface area contributed by atoms with Gasteiger partial charge in [-0.3, -0.25) is 9.88 Å². The van der Waals surface area contributed by atoms with Crippen LogP contribution in [0.15, 0.2) is 24.7 Å². The Morgan fingerprint density at radius 3 is 3.09 bits per heavy atom. The lowest BCUT2D eigenvalue weighted by molar-refractivity contribution is -0.107. The van der Waals surface area contributed by atoms with Crippen molar-refractivity contribution in [3.63, 3.8) is 0 Å². The molecule has 2 aliphatic rings. The number of pyridine rings is 1. The highest BCUT2D eigenvalue weighted by Gasteiger charge is 2.62. The average Bonchev–Trinajstić information content (AvgIpc) is 3.00. The number of aromatic amines is 1. The highest BCUT2D eigenvalue weighted by Crippen LogP contribution is 2.62. The third-order valence-corrected chi connectivity index (χ3v) is 5.86. The minimum absolute atomic E-state index is 0.378. The maximum Gasteiger partial charge on any atom is 0.0534 e. The van der Waals surface area contributed by atoms with Gasteiger partial charge in [-0.15, -0.1) is 0 Å². The molecule has 2 aromatic rings. The number of nitrogens with zero attached hydrogens (tertiary/aromatic N) is 2. The van der Waals surface area contributed by atoms with Crippen LogP contribution in [0.2, 0.25) is 0 Å². The zero-order chi connectivity index (χ0) is 15.4. The van der Waals surface area contributed by atoms with E-state index in [-0.39, 0.29) is 0 Å².